The van der Waals surface area contributed by atoms with Gasteiger partial charge in [0, 0.05) is 50.4 Å². The van der Waals surface area contributed by atoms with Crippen molar-refractivity contribution < 1.29 is 9.47 Å². The SMILES string of the molecule is c1ccc(N2CCC3(COCCN(C4CCOC4)C3)C2)nc1. The molecule has 0 aliphatic carbocycles. The van der Waals surface area contributed by atoms with Crippen LogP contribution >= 0.6 is 0 Å². The minimum Gasteiger partial charge on any atom is -0.380 e. The first-order valence-electron chi connectivity index (χ1n) is 8.40. The molecule has 0 N–H and O–H groups in total. The molecule has 3 fully saturated rings. The summed E-state index contributed by atoms with van der Waals surface area (Å²) in [5, 5.41) is 0. The molecule has 0 aromatic carbocycles. The minimum absolute atomic E-state index is 0.247. The minimum atomic E-state index is 0.247. The summed E-state index contributed by atoms with van der Waals surface area (Å²) in [4.78, 5) is 9.54. The summed E-state index contributed by atoms with van der Waals surface area (Å²) in [7, 11) is 0. The maximum Gasteiger partial charge on any atom is 0.128 e. The summed E-state index contributed by atoms with van der Waals surface area (Å²) in [5.41, 5.74) is 0.247. The van der Waals surface area contributed by atoms with Crippen molar-refractivity contribution in [3.8, 4) is 0 Å². The van der Waals surface area contributed by atoms with Crippen molar-refractivity contribution in [3.05, 3.63) is 24.4 Å². The predicted octanol–water partition coefficient (Wildman–Crippen LogP) is 1.40. The van der Waals surface area contributed by atoms with Crippen LogP contribution in [0, 0.1) is 5.41 Å². The fourth-order valence-corrected chi connectivity index (χ4v) is 4.07. The lowest BCUT2D eigenvalue weighted by molar-refractivity contribution is 0.0782. The Morgan fingerprint density at radius 2 is 2.14 bits per heavy atom. The molecule has 2 atom stereocenters. The highest BCUT2D eigenvalue weighted by molar-refractivity contribution is 5.40. The molecule has 5 nitrogen and oxygen atoms in total. The molecule has 0 saturated carbocycles. The second kappa shape index (κ2) is 6.14. The highest BCUT2D eigenvalue weighted by Gasteiger charge is 2.43. The van der Waals surface area contributed by atoms with E-state index in [2.05, 4.69) is 26.9 Å². The molecule has 1 spiro atoms. The summed E-state index contributed by atoms with van der Waals surface area (Å²) in [6, 6.07) is 6.74. The number of anilines is 1. The molecule has 1 aromatic heterocycles. The van der Waals surface area contributed by atoms with E-state index in [0.29, 0.717) is 6.04 Å². The van der Waals surface area contributed by atoms with Crippen molar-refractivity contribution in [2.24, 2.45) is 5.41 Å². The highest BCUT2D eigenvalue weighted by Crippen LogP contribution is 2.36. The van der Waals surface area contributed by atoms with E-state index in [9.17, 15) is 0 Å². The Labute approximate surface area is 132 Å². The lowest BCUT2D eigenvalue weighted by atomic mass is 9.87. The number of pyridine rings is 1. The molecule has 5 heteroatoms. The molecule has 0 bridgehead atoms. The zero-order valence-electron chi connectivity index (χ0n) is 13.1. The number of aromatic nitrogens is 1. The van der Waals surface area contributed by atoms with E-state index in [1.54, 1.807) is 0 Å². The topological polar surface area (TPSA) is 37.8 Å². The zero-order valence-corrected chi connectivity index (χ0v) is 13.1. The van der Waals surface area contributed by atoms with Gasteiger partial charge in [-0.1, -0.05) is 6.07 Å². The van der Waals surface area contributed by atoms with E-state index >= 15 is 0 Å². The van der Waals surface area contributed by atoms with Gasteiger partial charge in [-0.05, 0) is 25.0 Å². The second-order valence-electron chi connectivity index (χ2n) is 6.90. The summed E-state index contributed by atoms with van der Waals surface area (Å²) in [6.45, 7) is 7.82. The van der Waals surface area contributed by atoms with Crippen molar-refractivity contribution in [2.75, 3.05) is 57.5 Å². The molecular formula is C17H25N3O2. The monoisotopic (exact) mass is 303 g/mol. The van der Waals surface area contributed by atoms with Gasteiger partial charge in [0.15, 0.2) is 0 Å². The van der Waals surface area contributed by atoms with Crippen LogP contribution in [0.4, 0.5) is 5.82 Å². The first kappa shape index (κ1) is 14.4. The van der Waals surface area contributed by atoms with Crippen LogP contribution in [0.25, 0.3) is 0 Å². The van der Waals surface area contributed by atoms with E-state index in [-0.39, 0.29) is 5.41 Å². The van der Waals surface area contributed by atoms with Crippen LogP contribution in [0.15, 0.2) is 24.4 Å². The van der Waals surface area contributed by atoms with Gasteiger partial charge in [-0.2, -0.15) is 0 Å². The van der Waals surface area contributed by atoms with Crippen LogP contribution in [0.3, 0.4) is 0 Å². The van der Waals surface area contributed by atoms with Crippen LogP contribution < -0.4 is 4.90 Å². The normalized spacial score (nSPS) is 33.5. The third-order valence-corrected chi connectivity index (χ3v) is 5.30. The van der Waals surface area contributed by atoms with Crippen molar-refractivity contribution in [3.63, 3.8) is 0 Å². The van der Waals surface area contributed by atoms with Gasteiger partial charge in [-0.25, -0.2) is 4.98 Å². The molecule has 1 aromatic rings. The summed E-state index contributed by atoms with van der Waals surface area (Å²) in [6.07, 6.45) is 4.24. The van der Waals surface area contributed by atoms with E-state index in [4.69, 9.17) is 9.47 Å². The van der Waals surface area contributed by atoms with Gasteiger partial charge in [0.1, 0.15) is 5.82 Å². The Morgan fingerprint density at radius 3 is 2.95 bits per heavy atom. The predicted molar refractivity (Wildman–Crippen MR) is 85.1 cm³/mol. The lowest BCUT2D eigenvalue weighted by Gasteiger charge is -2.34. The Hall–Kier alpha value is -1.17. The molecule has 4 rings (SSSR count). The Kier molecular flexibility index (Phi) is 4.03. The van der Waals surface area contributed by atoms with Crippen molar-refractivity contribution in [1.29, 1.82) is 0 Å². The second-order valence-corrected chi connectivity index (χ2v) is 6.90. The fraction of sp³-hybridized carbons (Fsp3) is 0.706. The molecule has 4 heterocycles. The number of ether oxygens (including phenoxy) is 2. The first-order chi connectivity index (χ1) is 10.8. The molecule has 2 unspecified atom stereocenters. The molecule has 3 aliphatic rings. The number of hydrogen-bond acceptors (Lipinski definition) is 5. The van der Waals surface area contributed by atoms with Crippen LogP contribution in [0.5, 0.6) is 0 Å². The van der Waals surface area contributed by atoms with E-state index < -0.39 is 0 Å². The van der Waals surface area contributed by atoms with Gasteiger partial charge in [-0.15, -0.1) is 0 Å². The summed E-state index contributed by atoms with van der Waals surface area (Å²) >= 11 is 0. The molecular weight excluding hydrogens is 278 g/mol. The van der Waals surface area contributed by atoms with Gasteiger partial charge < -0.3 is 14.4 Å². The zero-order chi connectivity index (χ0) is 14.8. The van der Waals surface area contributed by atoms with E-state index in [1.165, 1.54) is 12.8 Å². The lowest BCUT2D eigenvalue weighted by Crippen LogP contribution is -2.45. The Balaban J connectivity index is 1.48. The number of nitrogens with zero attached hydrogens (tertiary/aromatic N) is 3. The largest absolute Gasteiger partial charge is 0.380 e. The molecule has 0 amide bonds. The van der Waals surface area contributed by atoms with Crippen LogP contribution in [0.1, 0.15) is 12.8 Å². The Bertz CT molecular complexity index is 492. The molecule has 0 radical (unpaired) electrons. The third-order valence-electron chi connectivity index (χ3n) is 5.30. The molecule has 3 saturated heterocycles. The van der Waals surface area contributed by atoms with Gasteiger partial charge in [-0.3, -0.25) is 4.90 Å². The van der Waals surface area contributed by atoms with E-state index in [1.807, 2.05) is 12.3 Å². The average molecular weight is 303 g/mol. The smallest absolute Gasteiger partial charge is 0.128 e. The Morgan fingerprint density at radius 1 is 1.14 bits per heavy atom. The van der Waals surface area contributed by atoms with Gasteiger partial charge in [0.2, 0.25) is 0 Å². The maximum absolute atomic E-state index is 5.98. The standard InChI is InChI=1S/C17H25N3O2/c1-2-6-18-16(3-1)20-7-5-17(13-20)12-19(8-10-22-14-17)15-4-9-21-11-15/h1-3,6,15H,4-5,7-14H2. The maximum atomic E-state index is 5.98. The van der Waals surface area contributed by atoms with Crippen LogP contribution in [-0.2, 0) is 9.47 Å². The van der Waals surface area contributed by atoms with Crippen LogP contribution in [-0.4, -0.2) is 68.5 Å². The summed E-state index contributed by atoms with van der Waals surface area (Å²) < 4.78 is 11.6. The molecule has 3 aliphatic heterocycles. The quantitative estimate of drug-likeness (QED) is 0.825. The van der Waals surface area contributed by atoms with Crippen LogP contribution in [0.2, 0.25) is 0 Å². The average Bonchev–Trinajstić information content (AvgIpc) is 3.17. The van der Waals surface area contributed by atoms with Crippen molar-refractivity contribution in [2.45, 2.75) is 18.9 Å². The summed E-state index contributed by atoms with van der Waals surface area (Å²) in [5.74, 6) is 1.10. The highest BCUT2D eigenvalue weighted by atomic mass is 16.5. The molecule has 22 heavy (non-hydrogen) atoms. The van der Waals surface area contributed by atoms with Gasteiger partial charge in [0.05, 0.1) is 19.8 Å². The number of rotatable bonds is 2. The fourth-order valence-electron chi connectivity index (χ4n) is 4.07. The number of hydrogen-bond donors (Lipinski definition) is 0. The van der Waals surface area contributed by atoms with Gasteiger partial charge >= 0.3 is 0 Å². The first-order valence-corrected chi connectivity index (χ1v) is 8.40. The third kappa shape index (κ3) is 2.85. The van der Waals surface area contributed by atoms with Crippen molar-refractivity contribution >= 4 is 5.82 Å². The van der Waals surface area contributed by atoms with Crippen molar-refractivity contribution in [1.82, 2.24) is 9.88 Å². The van der Waals surface area contributed by atoms with Gasteiger partial charge in [0.25, 0.3) is 0 Å². The molecule has 120 valence electrons. The van der Waals surface area contributed by atoms with E-state index in [0.717, 1.165) is 58.4 Å².